The molecule has 7 heteroatoms. The molecule has 156 valence electrons. The van der Waals surface area contributed by atoms with Crippen LogP contribution >= 0.6 is 23.1 Å². The quantitative estimate of drug-likeness (QED) is 0.390. The molecule has 2 amide bonds. The van der Waals surface area contributed by atoms with E-state index < -0.39 is 0 Å². The number of benzene rings is 3. The molecule has 5 nitrogen and oxygen atoms in total. The number of thioether (sulfide) groups is 1. The van der Waals surface area contributed by atoms with Crippen LogP contribution in [-0.2, 0) is 4.79 Å². The number of aryl methyl sites for hydroxylation is 1. The number of fused-ring (bicyclic) bond motifs is 1. The predicted molar refractivity (Wildman–Crippen MR) is 129 cm³/mol. The maximum atomic E-state index is 12.5. The molecule has 0 spiro atoms. The van der Waals surface area contributed by atoms with Crippen LogP contribution in [0.5, 0.6) is 0 Å². The fourth-order valence-electron chi connectivity index (χ4n) is 3.05. The molecule has 3 aromatic carbocycles. The number of rotatable bonds is 6. The zero-order chi connectivity index (χ0) is 21.8. The Morgan fingerprint density at radius 3 is 2.61 bits per heavy atom. The number of para-hydroxylation sites is 1. The third kappa shape index (κ3) is 5.13. The minimum absolute atomic E-state index is 0.0153. The van der Waals surface area contributed by atoms with Crippen LogP contribution in [0.1, 0.15) is 15.9 Å². The Hall–Kier alpha value is -3.16. The molecule has 1 heterocycles. The number of carbonyl (C=O) groups excluding carboxylic acids is 2. The van der Waals surface area contributed by atoms with Crippen molar-refractivity contribution in [2.45, 2.75) is 11.3 Å². The highest BCUT2D eigenvalue weighted by molar-refractivity contribution is 8.01. The van der Waals surface area contributed by atoms with Gasteiger partial charge in [-0.3, -0.25) is 9.59 Å². The summed E-state index contributed by atoms with van der Waals surface area (Å²) >= 11 is 2.94. The van der Waals surface area contributed by atoms with E-state index in [-0.39, 0.29) is 11.8 Å². The summed E-state index contributed by atoms with van der Waals surface area (Å²) < 4.78 is 1.79. The second kappa shape index (κ2) is 9.32. The van der Waals surface area contributed by atoms with Crippen molar-refractivity contribution in [1.29, 1.82) is 0 Å². The zero-order valence-electron chi connectivity index (χ0n) is 17.2. The zero-order valence-corrected chi connectivity index (χ0v) is 18.8. The third-order valence-electron chi connectivity index (χ3n) is 4.74. The van der Waals surface area contributed by atoms with Crippen molar-refractivity contribution in [2.24, 2.45) is 0 Å². The van der Waals surface area contributed by atoms with Gasteiger partial charge in [-0.15, -0.1) is 11.3 Å². The molecule has 4 rings (SSSR count). The lowest BCUT2D eigenvalue weighted by atomic mass is 10.1. The van der Waals surface area contributed by atoms with Crippen molar-refractivity contribution >= 4 is 56.5 Å². The van der Waals surface area contributed by atoms with Gasteiger partial charge in [0.1, 0.15) is 0 Å². The molecule has 0 atom stereocenters. The highest BCUT2D eigenvalue weighted by atomic mass is 32.2. The standard InChI is InChI=1S/C24H21N3O2S2/c1-16-7-6-8-17(13-16)23(29)25-18-11-12-20-21(14-18)31-24(26-20)30-15-22(28)27(2)19-9-4-3-5-10-19/h3-14H,15H2,1-2H3,(H,25,29). The van der Waals surface area contributed by atoms with Crippen LogP contribution < -0.4 is 10.2 Å². The van der Waals surface area contributed by atoms with E-state index in [2.05, 4.69) is 10.3 Å². The number of nitrogens with zero attached hydrogens (tertiary/aromatic N) is 2. The Balaban J connectivity index is 1.41. The summed E-state index contributed by atoms with van der Waals surface area (Å²) in [6.45, 7) is 1.96. The van der Waals surface area contributed by atoms with Gasteiger partial charge in [0.15, 0.2) is 4.34 Å². The van der Waals surface area contributed by atoms with Gasteiger partial charge in [-0.2, -0.15) is 0 Å². The Labute approximate surface area is 189 Å². The largest absolute Gasteiger partial charge is 0.322 e. The van der Waals surface area contributed by atoms with E-state index in [9.17, 15) is 9.59 Å². The van der Waals surface area contributed by atoms with Crippen LogP contribution in [0.3, 0.4) is 0 Å². The minimum atomic E-state index is -0.142. The molecule has 1 aromatic heterocycles. The molecule has 4 aromatic rings. The third-order valence-corrected chi connectivity index (χ3v) is 6.89. The fraction of sp³-hybridized carbons (Fsp3) is 0.125. The van der Waals surface area contributed by atoms with Crippen molar-refractivity contribution in [1.82, 2.24) is 4.98 Å². The Kier molecular flexibility index (Phi) is 6.34. The summed E-state index contributed by atoms with van der Waals surface area (Å²) in [5.41, 5.74) is 4.11. The average Bonchev–Trinajstić information content (AvgIpc) is 3.19. The molecule has 0 aliphatic carbocycles. The highest BCUT2D eigenvalue weighted by Gasteiger charge is 2.14. The molecule has 0 aliphatic rings. The normalized spacial score (nSPS) is 10.8. The topological polar surface area (TPSA) is 62.3 Å². The first-order chi connectivity index (χ1) is 15.0. The van der Waals surface area contributed by atoms with Crippen LogP contribution in [0.25, 0.3) is 10.2 Å². The molecule has 1 N–H and O–H groups in total. The van der Waals surface area contributed by atoms with Gasteiger partial charge >= 0.3 is 0 Å². The van der Waals surface area contributed by atoms with E-state index in [4.69, 9.17) is 0 Å². The highest BCUT2D eigenvalue weighted by Crippen LogP contribution is 2.31. The molecule has 0 saturated heterocycles. The van der Waals surface area contributed by atoms with Gasteiger partial charge in [0.2, 0.25) is 5.91 Å². The smallest absolute Gasteiger partial charge is 0.255 e. The van der Waals surface area contributed by atoms with Crippen LogP contribution in [-0.4, -0.2) is 29.6 Å². The number of carbonyl (C=O) groups is 2. The van der Waals surface area contributed by atoms with Gasteiger partial charge in [0, 0.05) is 24.0 Å². The van der Waals surface area contributed by atoms with Crippen LogP contribution in [0.2, 0.25) is 0 Å². The lowest BCUT2D eigenvalue weighted by Crippen LogP contribution is -2.27. The first-order valence-electron chi connectivity index (χ1n) is 9.72. The van der Waals surface area contributed by atoms with Crippen molar-refractivity contribution in [2.75, 3.05) is 23.0 Å². The van der Waals surface area contributed by atoms with E-state index in [1.807, 2.05) is 73.7 Å². The minimum Gasteiger partial charge on any atom is -0.322 e. The summed E-state index contributed by atoms with van der Waals surface area (Å²) in [5, 5.41) is 2.94. The Morgan fingerprint density at radius 1 is 1.03 bits per heavy atom. The lowest BCUT2D eigenvalue weighted by molar-refractivity contribution is -0.115. The Bertz CT molecular complexity index is 1240. The number of hydrogen-bond donors (Lipinski definition) is 1. The monoisotopic (exact) mass is 447 g/mol. The number of amides is 2. The van der Waals surface area contributed by atoms with E-state index in [1.165, 1.54) is 23.1 Å². The van der Waals surface area contributed by atoms with E-state index >= 15 is 0 Å². The van der Waals surface area contributed by atoms with Gasteiger partial charge in [0.25, 0.3) is 5.91 Å². The summed E-state index contributed by atoms with van der Waals surface area (Å²) in [4.78, 5) is 31.3. The number of aromatic nitrogens is 1. The molecule has 0 radical (unpaired) electrons. The molecule has 0 bridgehead atoms. The van der Waals surface area contributed by atoms with Gasteiger partial charge in [-0.1, -0.05) is 47.7 Å². The van der Waals surface area contributed by atoms with E-state index in [0.717, 1.165) is 31.5 Å². The first-order valence-corrected chi connectivity index (χ1v) is 11.5. The Morgan fingerprint density at radius 2 is 1.84 bits per heavy atom. The average molecular weight is 448 g/mol. The summed E-state index contributed by atoms with van der Waals surface area (Å²) in [7, 11) is 1.78. The molecule has 0 fully saturated rings. The summed E-state index contributed by atoms with van der Waals surface area (Å²) in [6.07, 6.45) is 0. The van der Waals surface area contributed by atoms with Gasteiger partial charge < -0.3 is 10.2 Å². The summed E-state index contributed by atoms with van der Waals surface area (Å²) in [5.74, 6) is 0.181. The van der Waals surface area contributed by atoms with Gasteiger partial charge in [-0.05, 0) is 49.4 Å². The fourth-order valence-corrected chi connectivity index (χ4v) is 5.07. The number of thiazole rings is 1. The lowest BCUT2D eigenvalue weighted by Gasteiger charge is -2.16. The summed E-state index contributed by atoms with van der Waals surface area (Å²) in [6, 6.07) is 22.7. The second-order valence-corrected chi connectivity index (χ2v) is 9.32. The SMILES string of the molecule is Cc1cccc(C(=O)Nc2ccc3nc(SCC(=O)N(C)c4ccccc4)sc3c2)c1. The second-order valence-electron chi connectivity index (χ2n) is 7.06. The maximum absolute atomic E-state index is 12.5. The van der Waals surface area contributed by atoms with Crippen LogP contribution in [0.15, 0.2) is 77.1 Å². The molecule has 0 saturated carbocycles. The molecular formula is C24H21N3O2S2. The molecular weight excluding hydrogens is 426 g/mol. The number of anilines is 2. The van der Waals surface area contributed by atoms with E-state index in [1.54, 1.807) is 18.0 Å². The van der Waals surface area contributed by atoms with Gasteiger partial charge in [0.05, 0.1) is 16.0 Å². The molecule has 0 aliphatic heterocycles. The van der Waals surface area contributed by atoms with Crippen molar-refractivity contribution < 1.29 is 9.59 Å². The predicted octanol–water partition coefficient (Wildman–Crippen LogP) is 5.61. The number of nitrogens with one attached hydrogen (secondary N) is 1. The van der Waals surface area contributed by atoms with Crippen LogP contribution in [0.4, 0.5) is 11.4 Å². The molecule has 31 heavy (non-hydrogen) atoms. The van der Waals surface area contributed by atoms with Crippen molar-refractivity contribution in [3.8, 4) is 0 Å². The van der Waals surface area contributed by atoms with E-state index in [0.29, 0.717) is 11.3 Å². The number of hydrogen-bond acceptors (Lipinski definition) is 5. The van der Waals surface area contributed by atoms with Gasteiger partial charge in [-0.25, -0.2) is 4.98 Å². The first kappa shape index (κ1) is 21.1. The van der Waals surface area contributed by atoms with Crippen molar-refractivity contribution in [3.63, 3.8) is 0 Å². The van der Waals surface area contributed by atoms with Crippen molar-refractivity contribution in [3.05, 3.63) is 83.9 Å². The van der Waals surface area contributed by atoms with Crippen LogP contribution in [0, 0.1) is 6.92 Å². The maximum Gasteiger partial charge on any atom is 0.255 e. The molecule has 0 unspecified atom stereocenters.